The molecule has 1 heterocycles. The van der Waals surface area contributed by atoms with Crippen LogP contribution < -0.4 is 10.0 Å². The van der Waals surface area contributed by atoms with Crippen molar-refractivity contribution in [1.82, 2.24) is 14.3 Å². The molecule has 0 aromatic rings. The van der Waals surface area contributed by atoms with Crippen molar-refractivity contribution < 1.29 is 13.2 Å². The van der Waals surface area contributed by atoms with E-state index in [0.717, 1.165) is 38.3 Å². The van der Waals surface area contributed by atoms with Crippen LogP contribution in [0.3, 0.4) is 0 Å². The minimum absolute atomic E-state index is 0.495. The molecule has 2 rings (SSSR count). The van der Waals surface area contributed by atoms with Crippen molar-refractivity contribution >= 4 is 10.2 Å². The van der Waals surface area contributed by atoms with Crippen LogP contribution in [0.25, 0.3) is 0 Å². The molecule has 0 spiro atoms. The number of rotatable bonds is 10. The van der Waals surface area contributed by atoms with Crippen LogP contribution in [0.1, 0.15) is 38.5 Å². The standard InChI is InChI=1S/C14H29N3O3S/c1-20-11-3-2-8-16-21(18,19)17-9-6-13(7-10-17)12-15-14-4-5-14/h13-16H,2-12H2,1H3. The fraction of sp³-hybridized carbons (Fsp3) is 1.00. The molecule has 21 heavy (non-hydrogen) atoms. The molecule has 2 aliphatic rings. The minimum atomic E-state index is -3.29. The number of ether oxygens (including phenoxy) is 1. The second-order valence-electron chi connectivity index (χ2n) is 6.12. The summed E-state index contributed by atoms with van der Waals surface area (Å²) in [5.41, 5.74) is 0. The van der Waals surface area contributed by atoms with Gasteiger partial charge in [0.25, 0.3) is 10.2 Å². The molecule has 124 valence electrons. The predicted molar refractivity (Wildman–Crippen MR) is 83.4 cm³/mol. The lowest BCUT2D eigenvalue weighted by molar-refractivity contribution is 0.193. The smallest absolute Gasteiger partial charge is 0.279 e. The first-order chi connectivity index (χ1) is 10.1. The maximum Gasteiger partial charge on any atom is 0.279 e. The molecule has 1 aliphatic heterocycles. The Balaban J connectivity index is 1.62. The number of unbranched alkanes of at least 4 members (excludes halogenated alkanes) is 1. The number of hydrogen-bond donors (Lipinski definition) is 2. The molecule has 6 nitrogen and oxygen atoms in total. The lowest BCUT2D eigenvalue weighted by Crippen LogP contribution is -2.46. The zero-order chi connectivity index (χ0) is 15.1. The van der Waals surface area contributed by atoms with Crippen LogP contribution in [-0.2, 0) is 14.9 Å². The Labute approximate surface area is 128 Å². The van der Waals surface area contributed by atoms with Crippen molar-refractivity contribution in [2.24, 2.45) is 5.92 Å². The van der Waals surface area contributed by atoms with Crippen LogP contribution in [0.5, 0.6) is 0 Å². The van der Waals surface area contributed by atoms with E-state index in [1.165, 1.54) is 12.8 Å². The van der Waals surface area contributed by atoms with E-state index < -0.39 is 10.2 Å². The maximum absolute atomic E-state index is 12.2. The van der Waals surface area contributed by atoms with Gasteiger partial charge in [0, 0.05) is 39.4 Å². The Morgan fingerprint density at radius 1 is 1.14 bits per heavy atom. The van der Waals surface area contributed by atoms with E-state index in [-0.39, 0.29) is 0 Å². The summed E-state index contributed by atoms with van der Waals surface area (Å²) >= 11 is 0. The Hall–Kier alpha value is -0.210. The molecule has 1 saturated carbocycles. The van der Waals surface area contributed by atoms with Gasteiger partial charge in [-0.15, -0.1) is 0 Å². The molecule has 7 heteroatoms. The summed E-state index contributed by atoms with van der Waals surface area (Å²) in [4.78, 5) is 0. The summed E-state index contributed by atoms with van der Waals surface area (Å²) in [6.07, 6.45) is 6.23. The number of nitrogens with zero attached hydrogens (tertiary/aromatic N) is 1. The molecule has 0 aromatic heterocycles. The van der Waals surface area contributed by atoms with E-state index in [0.29, 0.717) is 32.2 Å². The Bertz CT molecular complexity index is 390. The number of methoxy groups -OCH3 is 1. The molecule has 0 unspecified atom stereocenters. The van der Waals surface area contributed by atoms with Gasteiger partial charge < -0.3 is 10.1 Å². The lowest BCUT2D eigenvalue weighted by atomic mass is 9.98. The van der Waals surface area contributed by atoms with E-state index in [1.54, 1.807) is 11.4 Å². The average Bonchev–Trinajstić information content (AvgIpc) is 3.29. The Kier molecular flexibility index (Phi) is 6.88. The van der Waals surface area contributed by atoms with Gasteiger partial charge in [-0.05, 0) is 51.0 Å². The first-order valence-electron chi connectivity index (χ1n) is 8.09. The monoisotopic (exact) mass is 319 g/mol. The van der Waals surface area contributed by atoms with Gasteiger partial charge in [0.15, 0.2) is 0 Å². The Morgan fingerprint density at radius 2 is 1.86 bits per heavy atom. The highest BCUT2D eigenvalue weighted by molar-refractivity contribution is 7.87. The van der Waals surface area contributed by atoms with Crippen molar-refractivity contribution in [3.63, 3.8) is 0 Å². The topological polar surface area (TPSA) is 70.7 Å². The van der Waals surface area contributed by atoms with E-state index in [9.17, 15) is 8.42 Å². The average molecular weight is 319 g/mol. The van der Waals surface area contributed by atoms with Gasteiger partial charge in [0.05, 0.1) is 0 Å². The SMILES string of the molecule is COCCCCNS(=O)(=O)N1CCC(CNC2CC2)CC1. The molecular formula is C14H29N3O3S. The fourth-order valence-electron chi connectivity index (χ4n) is 2.64. The van der Waals surface area contributed by atoms with Crippen molar-refractivity contribution in [2.75, 3.05) is 39.9 Å². The molecule has 2 fully saturated rings. The van der Waals surface area contributed by atoms with Crippen molar-refractivity contribution in [2.45, 2.75) is 44.6 Å². The highest BCUT2D eigenvalue weighted by Crippen LogP contribution is 2.22. The minimum Gasteiger partial charge on any atom is -0.385 e. The summed E-state index contributed by atoms with van der Waals surface area (Å²) in [7, 11) is -1.63. The fourth-order valence-corrected chi connectivity index (χ4v) is 3.91. The number of hydrogen-bond acceptors (Lipinski definition) is 4. The van der Waals surface area contributed by atoms with Crippen molar-refractivity contribution in [3.05, 3.63) is 0 Å². The summed E-state index contributed by atoms with van der Waals surface area (Å²) in [6.45, 7) is 3.51. The van der Waals surface area contributed by atoms with Crippen LogP contribution in [0.2, 0.25) is 0 Å². The molecular weight excluding hydrogens is 290 g/mol. The van der Waals surface area contributed by atoms with Gasteiger partial charge >= 0.3 is 0 Å². The molecule has 2 N–H and O–H groups in total. The Morgan fingerprint density at radius 3 is 2.48 bits per heavy atom. The third-order valence-electron chi connectivity index (χ3n) is 4.25. The molecule has 0 bridgehead atoms. The zero-order valence-corrected chi connectivity index (χ0v) is 13.8. The van der Waals surface area contributed by atoms with Crippen LogP contribution in [0.15, 0.2) is 0 Å². The summed E-state index contributed by atoms with van der Waals surface area (Å²) in [6, 6.07) is 0.737. The summed E-state index contributed by atoms with van der Waals surface area (Å²) in [5, 5.41) is 3.54. The zero-order valence-electron chi connectivity index (χ0n) is 13.0. The van der Waals surface area contributed by atoms with E-state index in [4.69, 9.17) is 4.74 Å². The first kappa shape index (κ1) is 17.1. The van der Waals surface area contributed by atoms with E-state index >= 15 is 0 Å². The highest BCUT2D eigenvalue weighted by Gasteiger charge is 2.28. The van der Waals surface area contributed by atoms with Gasteiger partial charge in [-0.1, -0.05) is 0 Å². The molecule has 0 aromatic carbocycles. The third-order valence-corrected chi connectivity index (χ3v) is 5.86. The van der Waals surface area contributed by atoms with E-state index in [1.807, 2.05) is 0 Å². The second kappa shape index (κ2) is 8.43. The van der Waals surface area contributed by atoms with Crippen molar-refractivity contribution in [3.8, 4) is 0 Å². The van der Waals surface area contributed by atoms with Gasteiger partial charge in [-0.2, -0.15) is 12.7 Å². The quantitative estimate of drug-likeness (QED) is 0.582. The van der Waals surface area contributed by atoms with Gasteiger partial charge in [0.2, 0.25) is 0 Å². The normalized spacial score (nSPS) is 21.8. The molecule has 1 saturated heterocycles. The molecule has 0 radical (unpaired) electrons. The predicted octanol–water partition coefficient (Wildman–Crippen LogP) is 0.711. The summed E-state index contributed by atoms with van der Waals surface area (Å²) in [5.74, 6) is 0.624. The second-order valence-corrected chi connectivity index (χ2v) is 7.88. The lowest BCUT2D eigenvalue weighted by Gasteiger charge is -2.31. The molecule has 0 amide bonds. The van der Waals surface area contributed by atoms with Gasteiger partial charge in [-0.25, -0.2) is 4.72 Å². The van der Waals surface area contributed by atoms with Crippen molar-refractivity contribution in [1.29, 1.82) is 0 Å². The maximum atomic E-state index is 12.2. The van der Waals surface area contributed by atoms with Gasteiger partial charge in [-0.3, -0.25) is 0 Å². The van der Waals surface area contributed by atoms with E-state index in [2.05, 4.69) is 10.0 Å². The number of nitrogens with one attached hydrogen (secondary N) is 2. The number of piperidine rings is 1. The summed E-state index contributed by atoms with van der Waals surface area (Å²) < 4.78 is 33.6. The third kappa shape index (κ3) is 6.20. The van der Waals surface area contributed by atoms with Crippen LogP contribution >= 0.6 is 0 Å². The highest BCUT2D eigenvalue weighted by atomic mass is 32.2. The van der Waals surface area contributed by atoms with Crippen LogP contribution in [0.4, 0.5) is 0 Å². The molecule has 0 atom stereocenters. The van der Waals surface area contributed by atoms with Gasteiger partial charge in [0.1, 0.15) is 0 Å². The molecule has 1 aliphatic carbocycles. The van der Waals surface area contributed by atoms with Crippen LogP contribution in [-0.4, -0.2) is 58.7 Å². The largest absolute Gasteiger partial charge is 0.385 e. The first-order valence-corrected chi connectivity index (χ1v) is 9.53. The van der Waals surface area contributed by atoms with Crippen LogP contribution in [0, 0.1) is 5.92 Å².